The van der Waals surface area contributed by atoms with Gasteiger partial charge in [0.2, 0.25) is 0 Å². The van der Waals surface area contributed by atoms with Gasteiger partial charge in [0.25, 0.3) is 0 Å². The van der Waals surface area contributed by atoms with Crippen molar-refractivity contribution in [3.63, 3.8) is 0 Å². The molecule has 17 heavy (non-hydrogen) atoms. The maximum atomic E-state index is 5.66. The highest BCUT2D eigenvalue weighted by Crippen LogP contribution is 2.22. The number of ether oxygens (including phenoxy) is 2. The first-order valence-electron chi connectivity index (χ1n) is 5.85. The van der Waals surface area contributed by atoms with Gasteiger partial charge in [-0.25, -0.2) is 4.98 Å². The van der Waals surface area contributed by atoms with E-state index in [1.54, 1.807) is 13.3 Å². The number of nitrogens with two attached hydrogens (primary N) is 1. The Bertz CT molecular complexity index is 355. The van der Waals surface area contributed by atoms with Crippen molar-refractivity contribution in [2.75, 3.05) is 37.4 Å². The summed E-state index contributed by atoms with van der Waals surface area (Å²) in [5.74, 6) is 0.920. The Kier molecular flexibility index (Phi) is 3.81. The molecule has 1 aliphatic rings. The third kappa shape index (κ3) is 2.68. The minimum Gasteiger partial charge on any atom is -0.397 e. The summed E-state index contributed by atoms with van der Waals surface area (Å²) in [7, 11) is 1.72. The van der Waals surface area contributed by atoms with E-state index in [1.807, 2.05) is 19.1 Å². The van der Waals surface area contributed by atoms with Gasteiger partial charge in [-0.3, -0.25) is 0 Å². The second kappa shape index (κ2) is 5.33. The van der Waals surface area contributed by atoms with Crippen molar-refractivity contribution in [3.05, 3.63) is 18.3 Å². The van der Waals surface area contributed by atoms with Crippen molar-refractivity contribution < 1.29 is 9.47 Å². The van der Waals surface area contributed by atoms with Gasteiger partial charge in [0.15, 0.2) is 0 Å². The van der Waals surface area contributed by atoms with Gasteiger partial charge in [-0.15, -0.1) is 0 Å². The van der Waals surface area contributed by atoms with Crippen LogP contribution in [0, 0.1) is 0 Å². The highest BCUT2D eigenvalue weighted by atomic mass is 16.5. The van der Waals surface area contributed by atoms with Crippen LogP contribution in [0.2, 0.25) is 0 Å². The molecule has 0 aromatic carbocycles. The smallest absolute Gasteiger partial charge is 0.128 e. The number of nitrogens with zero attached hydrogens (tertiary/aromatic N) is 2. The van der Waals surface area contributed by atoms with Gasteiger partial charge in [0, 0.05) is 26.8 Å². The first-order chi connectivity index (χ1) is 8.24. The number of aromatic nitrogens is 1. The quantitative estimate of drug-likeness (QED) is 0.843. The largest absolute Gasteiger partial charge is 0.397 e. The number of methoxy groups -OCH3 is 1. The number of hydrogen-bond donors (Lipinski definition) is 1. The molecule has 0 bridgehead atoms. The van der Waals surface area contributed by atoms with E-state index in [-0.39, 0.29) is 12.2 Å². The fourth-order valence-electron chi connectivity index (χ4n) is 2.12. The van der Waals surface area contributed by atoms with Crippen LogP contribution in [-0.4, -0.2) is 44.0 Å². The summed E-state index contributed by atoms with van der Waals surface area (Å²) in [6, 6.07) is 3.79. The Hall–Kier alpha value is -1.33. The minimum absolute atomic E-state index is 0.106. The fraction of sp³-hybridized carbons (Fsp3) is 0.583. The molecule has 0 spiro atoms. The van der Waals surface area contributed by atoms with Crippen LogP contribution in [0.25, 0.3) is 0 Å². The average molecular weight is 237 g/mol. The molecule has 2 heterocycles. The maximum Gasteiger partial charge on any atom is 0.128 e. The van der Waals surface area contributed by atoms with E-state index < -0.39 is 0 Å². The van der Waals surface area contributed by atoms with Crippen molar-refractivity contribution in [2.24, 2.45) is 0 Å². The molecule has 5 nitrogen and oxygen atoms in total. The second-order valence-corrected chi connectivity index (χ2v) is 4.12. The first kappa shape index (κ1) is 12.1. The van der Waals surface area contributed by atoms with Gasteiger partial charge in [-0.05, 0) is 19.1 Å². The van der Waals surface area contributed by atoms with Gasteiger partial charge in [0.1, 0.15) is 18.0 Å². The highest BCUT2D eigenvalue weighted by molar-refractivity contribution is 5.46. The molecule has 0 unspecified atom stereocenters. The monoisotopic (exact) mass is 237 g/mol. The molecule has 1 aromatic rings. The molecule has 2 N–H and O–H groups in total. The van der Waals surface area contributed by atoms with Crippen LogP contribution in [-0.2, 0) is 9.47 Å². The zero-order valence-corrected chi connectivity index (χ0v) is 10.3. The predicted molar refractivity (Wildman–Crippen MR) is 67.1 cm³/mol. The normalized spacial score (nSPS) is 24.2. The third-order valence-electron chi connectivity index (χ3n) is 2.99. The van der Waals surface area contributed by atoms with E-state index in [0.29, 0.717) is 12.3 Å². The fourth-order valence-corrected chi connectivity index (χ4v) is 2.12. The summed E-state index contributed by atoms with van der Waals surface area (Å²) in [6.07, 6.45) is 1.89. The Morgan fingerprint density at radius 2 is 2.18 bits per heavy atom. The molecule has 1 aliphatic heterocycles. The first-order valence-corrected chi connectivity index (χ1v) is 5.85. The van der Waals surface area contributed by atoms with Gasteiger partial charge < -0.3 is 20.1 Å². The molecular weight excluding hydrogens is 218 g/mol. The second-order valence-electron chi connectivity index (χ2n) is 4.12. The molecule has 94 valence electrons. The summed E-state index contributed by atoms with van der Waals surface area (Å²) in [5, 5.41) is 0. The molecule has 0 amide bonds. The lowest BCUT2D eigenvalue weighted by Crippen LogP contribution is -2.28. The van der Waals surface area contributed by atoms with Gasteiger partial charge in [-0.2, -0.15) is 0 Å². The SMILES string of the molecule is CCO[C@H]1CN(c2ccc(N)cn2)C[C@@H]1OC. The van der Waals surface area contributed by atoms with Crippen molar-refractivity contribution in [3.8, 4) is 0 Å². The summed E-state index contributed by atoms with van der Waals surface area (Å²) in [4.78, 5) is 6.47. The Morgan fingerprint density at radius 3 is 2.76 bits per heavy atom. The average Bonchev–Trinajstić information content (AvgIpc) is 2.74. The van der Waals surface area contributed by atoms with Crippen LogP contribution in [0.5, 0.6) is 0 Å². The standard InChI is InChI=1S/C12H19N3O2/c1-3-17-11-8-15(7-10(11)16-2)12-5-4-9(13)6-14-12/h4-6,10-11H,3,7-8,13H2,1-2H3/t10-,11-/m0/s1. The molecule has 1 fully saturated rings. The highest BCUT2D eigenvalue weighted by Gasteiger charge is 2.33. The molecule has 2 rings (SSSR count). The van der Waals surface area contributed by atoms with E-state index in [0.717, 1.165) is 18.9 Å². The number of rotatable bonds is 4. The van der Waals surface area contributed by atoms with Crippen molar-refractivity contribution >= 4 is 11.5 Å². The Morgan fingerprint density at radius 1 is 1.41 bits per heavy atom. The Balaban J connectivity index is 2.06. The van der Waals surface area contributed by atoms with Crippen LogP contribution in [0.3, 0.4) is 0 Å². The van der Waals surface area contributed by atoms with E-state index >= 15 is 0 Å². The van der Waals surface area contributed by atoms with Crippen LogP contribution in [0.4, 0.5) is 11.5 Å². The molecule has 1 aromatic heterocycles. The van der Waals surface area contributed by atoms with E-state index in [9.17, 15) is 0 Å². The lowest BCUT2D eigenvalue weighted by molar-refractivity contribution is -0.0232. The number of anilines is 2. The van der Waals surface area contributed by atoms with E-state index in [1.165, 1.54) is 0 Å². The van der Waals surface area contributed by atoms with Crippen LogP contribution in [0.15, 0.2) is 18.3 Å². The minimum atomic E-state index is 0.106. The number of nitrogen functional groups attached to an aromatic ring is 1. The predicted octanol–water partition coefficient (Wildman–Crippen LogP) is 0.904. The van der Waals surface area contributed by atoms with Gasteiger partial charge in [-0.1, -0.05) is 0 Å². The topological polar surface area (TPSA) is 60.6 Å². The molecule has 0 radical (unpaired) electrons. The molecule has 5 heteroatoms. The van der Waals surface area contributed by atoms with E-state index in [2.05, 4.69) is 9.88 Å². The number of hydrogen-bond acceptors (Lipinski definition) is 5. The van der Waals surface area contributed by atoms with Crippen LogP contribution < -0.4 is 10.6 Å². The van der Waals surface area contributed by atoms with E-state index in [4.69, 9.17) is 15.2 Å². The van der Waals surface area contributed by atoms with Crippen LogP contribution >= 0.6 is 0 Å². The summed E-state index contributed by atoms with van der Waals surface area (Å²) in [5.41, 5.74) is 6.30. The van der Waals surface area contributed by atoms with Crippen LogP contribution in [0.1, 0.15) is 6.92 Å². The molecule has 0 saturated carbocycles. The maximum absolute atomic E-state index is 5.66. The third-order valence-corrected chi connectivity index (χ3v) is 2.99. The zero-order valence-electron chi connectivity index (χ0n) is 10.3. The number of pyridine rings is 1. The lowest BCUT2D eigenvalue weighted by atomic mass is 10.2. The zero-order chi connectivity index (χ0) is 12.3. The molecule has 1 saturated heterocycles. The molecule has 0 aliphatic carbocycles. The van der Waals surface area contributed by atoms with Crippen molar-refractivity contribution in [1.82, 2.24) is 4.98 Å². The summed E-state index contributed by atoms with van der Waals surface area (Å²) < 4.78 is 11.1. The van der Waals surface area contributed by atoms with Gasteiger partial charge in [0.05, 0.1) is 11.9 Å². The van der Waals surface area contributed by atoms with Crippen molar-refractivity contribution in [2.45, 2.75) is 19.1 Å². The molecular formula is C12H19N3O2. The lowest BCUT2D eigenvalue weighted by Gasteiger charge is -2.16. The van der Waals surface area contributed by atoms with Crippen molar-refractivity contribution in [1.29, 1.82) is 0 Å². The Labute approximate surface area is 102 Å². The summed E-state index contributed by atoms with van der Waals surface area (Å²) >= 11 is 0. The summed E-state index contributed by atoms with van der Waals surface area (Å²) in [6.45, 7) is 4.31. The molecule has 2 atom stereocenters. The van der Waals surface area contributed by atoms with Gasteiger partial charge >= 0.3 is 0 Å².